The fourth-order valence-electron chi connectivity index (χ4n) is 3.98. The van der Waals surface area contributed by atoms with Crippen molar-refractivity contribution in [2.45, 2.75) is 20.5 Å². The van der Waals surface area contributed by atoms with Crippen LogP contribution in [-0.4, -0.2) is 17.6 Å². The molecular weight excluding hydrogens is 486 g/mol. The number of nitrogens with one attached hydrogen (secondary N) is 1. The highest BCUT2D eigenvalue weighted by atomic mass is 35.5. The van der Waals surface area contributed by atoms with Crippen LogP contribution in [0.1, 0.15) is 22.5 Å². The number of carbonyl (C=O) groups is 1. The van der Waals surface area contributed by atoms with E-state index in [0.717, 1.165) is 34.0 Å². The highest BCUT2D eigenvalue weighted by Crippen LogP contribution is 2.26. The van der Waals surface area contributed by atoms with Gasteiger partial charge in [-0.2, -0.15) is 5.26 Å². The molecule has 1 amide bonds. The number of amides is 1. The van der Waals surface area contributed by atoms with E-state index in [1.165, 1.54) is 0 Å². The summed E-state index contributed by atoms with van der Waals surface area (Å²) in [5.74, 6) is 0.937. The maximum absolute atomic E-state index is 12.7. The van der Waals surface area contributed by atoms with Gasteiger partial charge in [0.15, 0.2) is 0 Å². The Morgan fingerprint density at radius 2 is 1.70 bits per heavy atom. The van der Waals surface area contributed by atoms with Crippen molar-refractivity contribution in [3.05, 3.63) is 112 Å². The minimum Gasteiger partial charge on any atom is -0.497 e. The lowest BCUT2D eigenvalue weighted by atomic mass is 10.1. The summed E-state index contributed by atoms with van der Waals surface area (Å²) in [5, 5.41) is 13.1. The molecule has 7 heteroatoms. The van der Waals surface area contributed by atoms with Crippen LogP contribution in [0.2, 0.25) is 5.02 Å². The number of nitrogens with zero attached hydrogens (tertiary/aromatic N) is 2. The molecule has 0 saturated heterocycles. The number of methoxy groups -OCH3 is 1. The third kappa shape index (κ3) is 6.03. The number of anilines is 1. The summed E-state index contributed by atoms with van der Waals surface area (Å²) in [6.45, 7) is 4.32. The smallest absolute Gasteiger partial charge is 0.266 e. The van der Waals surface area contributed by atoms with Gasteiger partial charge in [0, 0.05) is 33.3 Å². The van der Waals surface area contributed by atoms with Crippen molar-refractivity contribution in [1.29, 1.82) is 5.26 Å². The SMILES string of the molecule is COc1ccc(NC(=O)/C(C#N)=C\c2cc(C)n(-c3ccc(OCc4ccccc4Cl)cc3)c2C)cc1. The lowest BCUT2D eigenvalue weighted by Crippen LogP contribution is -2.13. The lowest BCUT2D eigenvalue weighted by molar-refractivity contribution is -0.112. The molecule has 186 valence electrons. The zero-order valence-electron chi connectivity index (χ0n) is 20.8. The summed E-state index contributed by atoms with van der Waals surface area (Å²) < 4.78 is 13.1. The van der Waals surface area contributed by atoms with Crippen molar-refractivity contribution in [2.75, 3.05) is 12.4 Å². The van der Waals surface area contributed by atoms with Crippen LogP contribution in [0, 0.1) is 25.2 Å². The molecule has 1 heterocycles. The Bertz CT molecular complexity index is 1480. The van der Waals surface area contributed by atoms with Gasteiger partial charge in [0.25, 0.3) is 5.91 Å². The first-order valence-electron chi connectivity index (χ1n) is 11.6. The van der Waals surface area contributed by atoms with Crippen LogP contribution in [0.3, 0.4) is 0 Å². The van der Waals surface area contributed by atoms with Crippen LogP contribution in [0.5, 0.6) is 11.5 Å². The fourth-order valence-corrected chi connectivity index (χ4v) is 4.17. The number of halogens is 1. The summed E-state index contributed by atoms with van der Waals surface area (Å²) in [7, 11) is 1.57. The molecule has 1 aromatic heterocycles. The predicted molar refractivity (Wildman–Crippen MR) is 146 cm³/mol. The van der Waals surface area contributed by atoms with E-state index in [9.17, 15) is 10.1 Å². The number of hydrogen-bond acceptors (Lipinski definition) is 4. The molecule has 1 N–H and O–H groups in total. The Labute approximate surface area is 221 Å². The Balaban J connectivity index is 1.50. The van der Waals surface area contributed by atoms with Gasteiger partial charge >= 0.3 is 0 Å². The van der Waals surface area contributed by atoms with E-state index in [-0.39, 0.29) is 5.57 Å². The number of rotatable bonds is 8. The summed E-state index contributed by atoms with van der Waals surface area (Å²) in [5.41, 5.74) is 5.13. The Kier molecular flexibility index (Phi) is 7.97. The van der Waals surface area contributed by atoms with Gasteiger partial charge < -0.3 is 19.4 Å². The molecular formula is C30H26ClN3O3. The standard InChI is InChI=1S/C30H26ClN3O3/c1-20-16-23(17-24(18-32)30(35)33-25-8-12-27(36-3)13-9-25)21(2)34(20)26-10-14-28(15-11-26)37-19-22-6-4-5-7-29(22)31/h4-17H,19H2,1-3H3,(H,33,35)/b24-17-. The third-order valence-electron chi connectivity index (χ3n) is 5.93. The van der Waals surface area contributed by atoms with E-state index in [1.54, 1.807) is 37.5 Å². The van der Waals surface area contributed by atoms with Gasteiger partial charge in [-0.25, -0.2) is 0 Å². The minimum absolute atomic E-state index is 0.0133. The second-order valence-corrected chi connectivity index (χ2v) is 8.80. The molecule has 0 radical (unpaired) electrons. The summed E-state index contributed by atoms with van der Waals surface area (Å²) in [6, 6.07) is 26.2. The molecule has 0 atom stereocenters. The maximum atomic E-state index is 12.7. The Morgan fingerprint density at radius 3 is 2.35 bits per heavy atom. The lowest BCUT2D eigenvalue weighted by Gasteiger charge is -2.12. The number of hydrogen-bond donors (Lipinski definition) is 1. The molecule has 37 heavy (non-hydrogen) atoms. The van der Waals surface area contributed by atoms with Crippen molar-refractivity contribution in [2.24, 2.45) is 0 Å². The van der Waals surface area contributed by atoms with Crippen molar-refractivity contribution in [3.8, 4) is 23.3 Å². The van der Waals surface area contributed by atoms with E-state index in [1.807, 2.05) is 74.5 Å². The highest BCUT2D eigenvalue weighted by molar-refractivity contribution is 6.31. The molecule has 0 saturated carbocycles. The van der Waals surface area contributed by atoms with Crippen LogP contribution >= 0.6 is 11.6 Å². The normalized spacial score (nSPS) is 11.1. The van der Waals surface area contributed by atoms with Crippen molar-refractivity contribution in [1.82, 2.24) is 4.57 Å². The molecule has 0 unspecified atom stereocenters. The van der Waals surface area contributed by atoms with Crippen LogP contribution in [0.4, 0.5) is 5.69 Å². The summed E-state index contributed by atoms with van der Waals surface area (Å²) in [6.07, 6.45) is 1.61. The zero-order chi connectivity index (χ0) is 26.4. The average Bonchev–Trinajstić information content (AvgIpc) is 3.19. The topological polar surface area (TPSA) is 76.3 Å². The number of nitriles is 1. The first kappa shape index (κ1) is 25.6. The largest absolute Gasteiger partial charge is 0.497 e. The quantitative estimate of drug-likeness (QED) is 0.206. The van der Waals surface area contributed by atoms with Gasteiger partial charge in [-0.05, 0) is 86.2 Å². The van der Waals surface area contributed by atoms with Crippen molar-refractivity contribution in [3.63, 3.8) is 0 Å². The number of ether oxygens (including phenoxy) is 2. The highest BCUT2D eigenvalue weighted by Gasteiger charge is 2.14. The monoisotopic (exact) mass is 511 g/mol. The number of benzene rings is 3. The van der Waals surface area contributed by atoms with Crippen LogP contribution < -0.4 is 14.8 Å². The Hall–Kier alpha value is -4.47. The minimum atomic E-state index is -0.475. The average molecular weight is 512 g/mol. The molecule has 3 aromatic carbocycles. The van der Waals surface area contributed by atoms with Gasteiger partial charge in [0.1, 0.15) is 29.7 Å². The summed E-state index contributed by atoms with van der Waals surface area (Å²) >= 11 is 6.21. The van der Waals surface area contributed by atoms with E-state index in [2.05, 4.69) is 9.88 Å². The van der Waals surface area contributed by atoms with Crippen molar-refractivity contribution >= 4 is 29.3 Å². The van der Waals surface area contributed by atoms with Gasteiger partial charge in [0.2, 0.25) is 0 Å². The molecule has 0 aliphatic rings. The van der Waals surface area contributed by atoms with E-state index < -0.39 is 5.91 Å². The maximum Gasteiger partial charge on any atom is 0.266 e. The second-order valence-electron chi connectivity index (χ2n) is 8.39. The number of aryl methyl sites for hydroxylation is 1. The van der Waals surface area contributed by atoms with Gasteiger partial charge in [-0.1, -0.05) is 29.8 Å². The van der Waals surface area contributed by atoms with Gasteiger partial charge in [-0.3, -0.25) is 4.79 Å². The number of carbonyl (C=O) groups excluding carboxylic acids is 1. The first-order valence-corrected chi connectivity index (χ1v) is 12.0. The molecule has 4 rings (SSSR count). The molecule has 0 aliphatic heterocycles. The van der Waals surface area contributed by atoms with Gasteiger partial charge in [0.05, 0.1) is 7.11 Å². The summed E-state index contributed by atoms with van der Waals surface area (Å²) in [4.78, 5) is 12.7. The van der Waals surface area contributed by atoms with Gasteiger partial charge in [-0.15, -0.1) is 0 Å². The first-order chi connectivity index (χ1) is 17.9. The third-order valence-corrected chi connectivity index (χ3v) is 6.30. The molecule has 6 nitrogen and oxygen atoms in total. The van der Waals surface area contributed by atoms with Crippen LogP contribution in [0.25, 0.3) is 11.8 Å². The van der Waals surface area contributed by atoms with Crippen molar-refractivity contribution < 1.29 is 14.3 Å². The van der Waals surface area contributed by atoms with Crippen LogP contribution in [0.15, 0.2) is 84.4 Å². The van der Waals surface area contributed by atoms with E-state index in [0.29, 0.717) is 23.1 Å². The van der Waals surface area contributed by atoms with E-state index >= 15 is 0 Å². The molecule has 4 aromatic rings. The second kappa shape index (κ2) is 11.5. The van der Waals surface area contributed by atoms with E-state index in [4.69, 9.17) is 21.1 Å². The molecule has 0 aliphatic carbocycles. The predicted octanol–water partition coefficient (Wildman–Crippen LogP) is 6.88. The molecule has 0 fully saturated rings. The fraction of sp³-hybridized carbons (Fsp3) is 0.133. The zero-order valence-corrected chi connectivity index (χ0v) is 21.5. The number of aromatic nitrogens is 1. The van der Waals surface area contributed by atoms with Crippen LogP contribution in [-0.2, 0) is 11.4 Å². The molecule has 0 bridgehead atoms. The Morgan fingerprint density at radius 1 is 1.03 bits per heavy atom. The molecule has 0 spiro atoms.